The van der Waals surface area contributed by atoms with Gasteiger partial charge in [-0.15, -0.1) is 0 Å². The standard InChI is InChI=1S/C20H15F2N5O/c1-10-6-7-23-27(10)19-17(11-2-4-12(21)5-3-11)24-15-9-13(22)8-14-16(15)18(19)25-26-20(14)28/h2-9,17,19,24H,1H3,(H,26,28). The SMILES string of the molecule is Cc1ccnn1C1c2n[nH]c(=O)c3cc(F)cc(c23)NC1c1ccc(F)cc1. The van der Waals surface area contributed by atoms with Crippen LogP contribution in [0.2, 0.25) is 0 Å². The van der Waals surface area contributed by atoms with Gasteiger partial charge < -0.3 is 5.32 Å². The van der Waals surface area contributed by atoms with Crippen LogP contribution in [0.15, 0.2) is 53.5 Å². The van der Waals surface area contributed by atoms with Crippen molar-refractivity contribution in [1.82, 2.24) is 20.0 Å². The number of benzene rings is 2. The second-order valence-corrected chi connectivity index (χ2v) is 6.85. The highest BCUT2D eigenvalue weighted by Crippen LogP contribution is 2.44. The minimum absolute atomic E-state index is 0.222. The summed E-state index contributed by atoms with van der Waals surface area (Å²) < 4.78 is 29.4. The summed E-state index contributed by atoms with van der Waals surface area (Å²) in [6.07, 6.45) is 1.68. The van der Waals surface area contributed by atoms with Crippen LogP contribution < -0.4 is 10.9 Å². The minimum atomic E-state index is -0.524. The fourth-order valence-electron chi connectivity index (χ4n) is 3.89. The van der Waals surface area contributed by atoms with Crippen molar-refractivity contribution in [2.75, 3.05) is 5.32 Å². The first-order valence-electron chi connectivity index (χ1n) is 8.77. The van der Waals surface area contributed by atoms with E-state index in [9.17, 15) is 13.6 Å². The molecule has 0 radical (unpaired) electrons. The molecule has 140 valence electrons. The fraction of sp³-hybridized carbons (Fsp3) is 0.150. The number of halogens is 2. The van der Waals surface area contributed by atoms with E-state index >= 15 is 0 Å². The number of H-pyrrole nitrogens is 1. The van der Waals surface area contributed by atoms with E-state index in [1.807, 2.05) is 13.0 Å². The van der Waals surface area contributed by atoms with Crippen LogP contribution in [0.1, 0.15) is 29.0 Å². The molecular formula is C20H15F2N5O. The van der Waals surface area contributed by atoms with Gasteiger partial charge in [-0.05, 0) is 42.8 Å². The molecule has 0 aliphatic carbocycles. The van der Waals surface area contributed by atoms with Gasteiger partial charge in [0.25, 0.3) is 5.56 Å². The van der Waals surface area contributed by atoms with Crippen LogP contribution in [-0.4, -0.2) is 20.0 Å². The molecule has 0 saturated carbocycles. The van der Waals surface area contributed by atoms with E-state index < -0.39 is 23.5 Å². The molecule has 6 nitrogen and oxygen atoms in total. The first-order valence-corrected chi connectivity index (χ1v) is 8.77. The van der Waals surface area contributed by atoms with Crippen molar-refractivity contribution < 1.29 is 8.78 Å². The van der Waals surface area contributed by atoms with Gasteiger partial charge >= 0.3 is 0 Å². The van der Waals surface area contributed by atoms with Gasteiger partial charge in [0.2, 0.25) is 0 Å². The molecule has 4 aromatic rings. The van der Waals surface area contributed by atoms with Gasteiger partial charge in [0.05, 0.1) is 17.1 Å². The van der Waals surface area contributed by atoms with Crippen LogP contribution in [0.4, 0.5) is 14.5 Å². The molecule has 0 spiro atoms. The predicted octanol–water partition coefficient (Wildman–Crippen LogP) is 3.46. The topological polar surface area (TPSA) is 75.6 Å². The Balaban J connectivity index is 1.82. The van der Waals surface area contributed by atoms with E-state index in [2.05, 4.69) is 20.6 Å². The maximum atomic E-state index is 14.2. The summed E-state index contributed by atoms with van der Waals surface area (Å²) in [5.74, 6) is -0.869. The zero-order valence-electron chi connectivity index (χ0n) is 14.8. The summed E-state index contributed by atoms with van der Waals surface area (Å²) in [6.45, 7) is 1.91. The Morgan fingerprint density at radius 3 is 2.57 bits per heavy atom. The first kappa shape index (κ1) is 16.6. The summed E-state index contributed by atoms with van der Waals surface area (Å²) in [5.41, 5.74) is 2.27. The number of anilines is 1. The lowest BCUT2D eigenvalue weighted by molar-refractivity contribution is 0.438. The molecule has 1 aliphatic rings. The number of aromatic amines is 1. The normalized spacial score (nSPS) is 18.2. The predicted molar refractivity (Wildman–Crippen MR) is 100 cm³/mol. The third-order valence-electron chi connectivity index (χ3n) is 5.15. The summed E-state index contributed by atoms with van der Waals surface area (Å²) in [5, 5.41) is 15.3. The number of nitrogens with zero attached hydrogens (tertiary/aromatic N) is 3. The Morgan fingerprint density at radius 1 is 1.07 bits per heavy atom. The lowest BCUT2D eigenvalue weighted by atomic mass is 9.89. The molecule has 3 heterocycles. The molecular weight excluding hydrogens is 364 g/mol. The number of rotatable bonds is 2. The summed E-state index contributed by atoms with van der Waals surface area (Å²) in [7, 11) is 0. The van der Waals surface area contributed by atoms with E-state index in [0.717, 1.165) is 11.3 Å². The third-order valence-corrected chi connectivity index (χ3v) is 5.15. The molecule has 2 atom stereocenters. The van der Waals surface area contributed by atoms with Crippen molar-refractivity contribution in [2.45, 2.75) is 19.0 Å². The first-order chi connectivity index (χ1) is 13.5. The van der Waals surface area contributed by atoms with Crippen molar-refractivity contribution >= 4 is 16.5 Å². The number of nitrogens with one attached hydrogen (secondary N) is 2. The van der Waals surface area contributed by atoms with Gasteiger partial charge in [-0.2, -0.15) is 10.2 Å². The zero-order valence-corrected chi connectivity index (χ0v) is 14.8. The van der Waals surface area contributed by atoms with Gasteiger partial charge in [-0.3, -0.25) is 9.48 Å². The van der Waals surface area contributed by atoms with Gasteiger partial charge in [-0.25, -0.2) is 13.9 Å². The molecule has 28 heavy (non-hydrogen) atoms. The van der Waals surface area contributed by atoms with Crippen LogP contribution in [0.25, 0.3) is 10.8 Å². The molecule has 8 heteroatoms. The number of aryl methyl sites for hydroxylation is 1. The van der Waals surface area contributed by atoms with Gasteiger partial charge in [-0.1, -0.05) is 12.1 Å². The van der Waals surface area contributed by atoms with Gasteiger partial charge in [0.1, 0.15) is 17.7 Å². The van der Waals surface area contributed by atoms with E-state index in [1.54, 1.807) is 23.0 Å². The molecule has 5 rings (SSSR count). The van der Waals surface area contributed by atoms with E-state index in [4.69, 9.17) is 0 Å². The second kappa shape index (κ2) is 5.98. The maximum Gasteiger partial charge on any atom is 0.272 e. The molecule has 0 fully saturated rings. The van der Waals surface area contributed by atoms with Crippen molar-refractivity contribution in [1.29, 1.82) is 0 Å². The highest BCUT2D eigenvalue weighted by Gasteiger charge is 2.36. The Hall–Kier alpha value is -3.55. The summed E-state index contributed by atoms with van der Waals surface area (Å²) >= 11 is 0. The van der Waals surface area contributed by atoms with Gasteiger partial charge in [0, 0.05) is 23.0 Å². The van der Waals surface area contributed by atoms with Crippen molar-refractivity contribution in [3.8, 4) is 0 Å². The average molecular weight is 379 g/mol. The quantitative estimate of drug-likeness (QED) is 0.559. The zero-order chi connectivity index (χ0) is 19.4. The van der Waals surface area contributed by atoms with Crippen LogP contribution in [0.3, 0.4) is 0 Å². The van der Waals surface area contributed by atoms with Crippen LogP contribution in [0, 0.1) is 18.6 Å². The Bertz CT molecular complexity index is 1260. The fourth-order valence-corrected chi connectivity index (χ4v) is 3.89. The monoisotopic (exact) mass is 379 g/mol. The number of hydrogen-bond acceptors (Lipinski definition) is 4. The molecule has 2 aromatic carbocycles. The molecule has 2 aromatic heterocycles. The van der Waals surface area contributed by atoms with Crippen LogP contribution in [0.5, 0.6) is 0 Å². The number of aromatic nitrogens is 4. The van der Waals surface area contributed by atoms with Gasteiger partial charge in [0.15, 0.2) is 0 Å². The minimum Gasteiger partial charge on any atom is -0.375 e. The molecule has 0 saturated heterocycles. The van der Waals surface area contributed by atoms with Crippen molar-refractivity contribution in [3.63, 3.8) is 0 Å². The van der Waals surface area contributed by atoms with E-state index in [1.165, 1.54) is 24.3 Å². The van der Waals surface area contributed by atoms with E-state index in [0.29, 0.717) is 16.8 Å². The summed E-state index contributed by atoms with van der Waals surface area (Å²) in [4.78, 5) is 12.2. The third kappa shape index (κ3) is 2.41. The molecule has 1 aliphatic heterocycles. The highest BCUT2D eigenvalue weighted by atomic mass is 19.1. The lowest BCUT2D eigenvalue weighted by Gasteiger charge is -2.35. The lowest BCUT2D eigenvalue weighted by Crippen LogP contribution is -2.32. The average Bonchev–Trinajstić information content (AvgIpc) is 3.10. The summed E-state index contributed by atoms with van der Waals surface area (Å²) in [6, 6.07) is 9.70. The van der Waals surface area contributed by atoms with Crippen LogP contribution >= 0.6 is 0 Å². The van der Waals surface area contributed by atoms with Crippen molar-refractivity contribution in [2.24, 2.45) is 0 Å². The van der Waals surface area contributed by atoms with Crippen molar-refractivity contribution in [3.05, 3.63) is 87.6 Å². The maximum absolute atomic E-state index is 14.2. The molecule has 2 N–H and O–H groups in total. The molecule has 0 amide bonds. The smallest absolute Gasteiger partial charge is 0.272 e. The molecule has 2 unspecified atom stereocenters. The Labute approximate surface area is 157 Å². The Morgan fingerprint density at radius 2 is 1.86 bits per heavy atom. The van der Waals surface area contributed by atoms with E-state index in [-0.39, 0.29) is 11.2 Å². The number of hydrogen-bond donors (Lipinski definition) is 2. The highest BCUT2D eigenvalue weighted by molar-refractivity contribution is 5.97. The second-order valence-electron chi connectivity index (χ2n) is 6.85. The molecule has 0 bridgehead atoms. The largest absolute Gasteiger partial charge is 0.375 e. The Kier molecular flexibility index (Phi) is 3.55. The van der Waals surface area contributed by atoms with Crippen LogP contribution in [-0.2, 0) is 0 Å².